The summed E-state index contributed by atoms with van der Waals surface area (Å²) in [4.78, 5) is 12.2. The highest BCUT2D eigenvalue weighted by Crippen LogP contribution is 2.32. The van der Waals surface area contributed by atoms with Crippen LogP contribution in [0.5, 0.6) is 0 Å². The van der Waals surface area contributed by atoms with Crippen LogP contribution in [0.25, 0.3) is 0 Å². The van der Waals surface area contributed by atoms with Gasteiger partial charge in [-0.2, -0.15) is 0 Å². The molecule has 0 spiro atoms. The number of anilines is 1. The van der Waals surface area contributed by atoms with E-state index in [9.17, 15) is 9.18 Å². The Hall–Kier alpha value is -0.430. The molecule has 0 saturated heterocycles. The van der Waals surface area contributed by atoms with Gasteiger partial charge in [-0.05, 0) is 46.3 Å². The zero-order valence-corrected chi connectivity index (χ0v) is 15.2. The Labute approximate surface area is 145 Å². The first-order valence-corrected chi connectivity index (χ1v) is 8.04. The predicted molar refractivity (Wildman–Crippen MR) is 88.9 cm³/mol. The average Bonchev–Trinajstić information content (AvgIpc) is 2.32. The summed E-state index contributed by atoms with van der Waals surface area (Å²) in [5.41, 5.74) is 0.771. The maximum absolute atomic E-state index is 13.1. The van der Waals surface area contributed by atoms with E-state index in [1.807, 2.05) is 6.07 Å². The summed E-state index contributed by atoms with van der Waals surface area (Å²) in [5.74, 6) is -0.828. The highest BCUT2D eigenvalue weighted by Gasteiger charge is 2.13. The minimum Gasteiger partial charge on any atom is -0.320 e. The van der Waals surface area contributed by atoms with Crippen LogP contribution in [0.1, 0.15) is 10.4 Å². The summed E-state index contributed by atoms with van der Waals surface area (Å²) in [6, 6.07) is 7.53. The van der Waals surface area contributed by atoms with Crippen LogP contribution in [0.4, 0.5) is 10.1 Å². The first-order chi connectivity index (χ1) is 9.36. The topological polar surface area (TPSA) is 29.1 Å². The van der Waals surface area contributed by atoms with Crippen molar-refractivity contribution in [1.82, 2.24) is 0 Å². The summed E-state index contributed by atoms with van der Waals surface area (Å²) in [6.45, 7) is 0. The molecule has 0 aliphatic rings. The molecule has 0 radical (unpaired) electrons. The van der Waals surface area contributed by atoms with Crippen molar-refractivity contribution in [3.05, 3.63) is 60.2 Å². The number of rotatable bonds is 2. The zero-order valence-electron chi connectivity index (χ0n) is 9.68. The first kappa shape index (κ1) is 15.9. The van der Waals surface area contributed by atoms with Crippen molar-refractivity contribution in [2.24, 2.45) is 0 Å². The molecule has 1 amide bonds. The van der Waals surface area contributed by atoms with Gasteiger partial charge < -0.3 is 5.32 Å². The first-order valence-electron chi connectivity index (χ1n) is 5.29. The van der Waals surface area contributed by atoms with E-state index in [2.05, 4.69) is 53.1 Å². The molecule has 20 heavy (non-hydrogen) atoms. The largest absolute Gasteiger partial charge is 0.320 e. The van der Waals surface area contributed by atoms with Crippen LogP contribution in [0.15, 0.2) is 43.7 Å². The molecule has 2 rings (SSSR count). The number of halogens is 5. The Balaban J connectivity index is 2.32. The fourth-order valence-corrected chi connectivity index (χ4v) is 3.72. The second-order valence-corrected chi connectivity index (χ2v) is 6.95. The maximum Gasteiger partial charge on any atom is 0.255 e. The summed E-state index contributed by atoms with van der Waals surface area (Å²) < 4.78 is 15.0. The number of hydrogen-bond acceptors (Lipinski definition) is 1. The molecule has 104 valence electrons. The van der Waals surface area contributed by atoms with Crippen molar-refractivity contribution < 1.29 is 9.18 Å². The molecule has 2 nitrogen and oxygen atoms in total. The van der Waals surface area contributed by atoms with Gasteiger partial charge in [0.25, 0.3) is 5.91 Å². The van der Waals surface area contributed by atoms with Crippen LogP contribution in [-0.4, -0.2) is 5.91 Å². The molecular formula is C13H6Br3ClFNO. The fourth-order valence-electron chi connectivity index (χ4n) is 1.53. The van der Waals surface area contributed by atoms with Gasteiger partial charge in [0, 0.05) is 19.0 Å². The van der Waals surface area contributed by atoms with E-state index in [4.69, 9.17) is 11.6 Å². The van der Waals surface area contributed by atoms with E-state index >= 15 is 0 Å². The second kappa shape index (κ2) is 6.56. The Morgan fingerprint density at radius 2 is 1.65 bits per heavy atom. The average molecular weight is 486 g/mol. The molecule has 0 unspecified atom stereocenters. The van der Waals surface area contributed by atoms with E-state index in [1.165, 1.54) is 6.07 Å². The molecular weight excluding hydrogens is 480 g/mol. The standard InChI is InChI=1S/C13H6Br3ClFNO/c14-7-1-6(2-8(15)3-7)13(20)19-12-10(16)4-9(18)5-11(12)17/h1-5H,(H,19,20). The van der Waals surface area contributed by atoms with Gasteiger partial charge in [0.15, 0.2) is 0 Å². The molecule has 0 aromatic heterocycles. The van der Waals surface area contributed by atoms with Crippen LogP contribution in [0, 0.1) is 5.82 Å². The van der Waals surface area contributed by atoms with Crippen molar-refractivity contribution in [1.29, 1.82) is 0 Å². The molecule has 0 aliphatic carbocycles. The molecule has 2 aromatic rings. The van der Waals surface area contributed by atoms with E-state index in [0.29, 0.717) is 15.7 Å². The number of carbonyl (C=O) groups is 1. The number of nitrogens with one attached hydrogen (secondary N) is 1. The normalized spacial score (nSPS) is 10.4. The molecule has 0 bridgehead atoms. The molecule has 7 heteroatoms. The quantitative estimate of drug-likeness (QED) is 0.553. The van der Waals surface area contributed by atoms with Crippen molar-refractivity contribution in [2.75, 3.05) is 5.32 Å². The zero-order chi connectivity index (χ0) is 14.9. The van der Waals surface area contributed by atoms with Crippen molar-refractivity contribution >= 4 is 71.0 Å². The third kappa shape index (κ3) is 3.81. The Morgan fingerprint density at radius 1 is 1.05 bits per heavy atom. The summed E-state index contributed by atoms with van der Waals surface area (Å²) in [7, 11) is 0. The van der Waals surface area contributed by atoms with Gasteiger partial charge in [-0.3, -0.25) is 4.79 Å². The van der Waals surface area contributed by atoms with Crippen molar-refractivity contribution in [3.8, 4) is 0 Å². The summed E-state index contributed by atoms with van der Waals surface area (Å²) in [6.07, 6.45) is 0. The molecule has 0 saturated carbocycles. The Kier molecular flexibility index (Phi) is 5.23. The van der Waals surface area contributed by atoms with E-state index < -0.39 is 5.82 Å². The lowest BCUT2D eigenvalue weighted by Crippen LogP contribution is -2.13. The summed E-state index contributed by atoms with van der Waals surface area (Å²) in [5, 5.41) is 2.77. The number of carbonyl (C=O) groups excluding carboxylic acids is 1. The van der Waals surface area contributed by atoms with Crippen LogP contribution in [-0.2, 0) is 0 Å². The van der Waals surface area contributed by atoms with Gasteiger partial charge in [0.1, 0.15) is 5.82 Å². The van der Waals surface area contributed by atoms with Gasteiger partial charge in [-0.15, -0.1) is 0 Å². The minimum absolute atomic E-state index is 0.124. The highest BCUT2D eigenvalue weighted by atomic mass is 79.9. The van der Waals surface area contributed by atoms with Gasteiger partial charge in [0.05, 0.1) is 10.7 Å². The maximum atomic E-state index is 13.1. The monoisotopic (exact) mass is 483 g/mol. The smallest absolute Gasteiger partial charge is 0.255 e. The van der Waals surface area contributed by atoms with Gasteiger partial charge in [-0.1, -0.05) is 43.5 Å². The molecule has 0 aliphatic heterocycles. The van der Waals surface area contributed by atoms with Crippen LogP contribution in [0.3, 0.4) is 0 Å². The minimum atomic E-state index is -0.481. The third-order valence-corrected chi connectivity index (χ3v) is 4.21. The number of benzene rings is 2. The predicted octanol–water partition coefficient (Wildman–Crippen LogP) is 6.02. The SMILES string of the molecule is O=C(Nc1c(Cl)cc(F)cc1Br)c1cc(Br)cc(Br)c1. The summed E-state index contributed by atoms with van der Waals surface area (Å²) >= 11 is 15.7. The van der Waals surface area contributed by atoms with Gasteiger partial charge >= 0.3 is 0 Å². The fraction of sp³-hybridized carbons (Fsp3) is 0. The van der Waals surface area contributed by atoms with E-state index in [0.717, 1.165) is 15.0 Å². The molecule has 0 fully saturated rings. The Bertz CT molecular complexity index is 650. The second-order valence-electron chi connectivity index (χ2n) is 3.86. The molecule has 1 N–H and O–H groups in total. The van der Waals surface area contributed by atoms with Gasteiger partial charge in [-0.25, -0.2) is 4.39 Å². The van der Waals surface area contributed by atoms with E-state index in [-0.39, 0.29) is 10.9 Å². The molecule has 0 atom stereocenters. The third-order valence-electron chi connectivity index (χ3n) is 2.37. The lowest BCUT2D eigenvalue weighted by molar-refractivity contribution is 0.102. The highest BCUT2D eigenvalue weighted by molar-refractivity contribution is 9.11. The lowest BCUT2D eigenvalue weighted by Gasteiger charge is -2.10. The van der Waals surface area contributed by atoms with Crippen molar-refractivity contribution in [2.45, 2.75) is 0 Å². The lowest BCUT2D eigenvalue weighted by atomic mass is 10.2. The van der Waals surface area contributed by atoms with Crippen LogP contribution < -0.4 is 5.32 Å². The van der Waals surface area contributed by atoms with Crippen LogP contribution in [0.2, 0.25) is 5.02 Å². The van der Waals surface area contributed by atoms with Crippen molar-refractivity contribution in [3.63, 3.8) is 0 Å². The Morgan fingerprint density at radius 3 is 2.20 bits per heavy atom. The van der Waals surface area contributed by atoms with Gasteiger partial charge in [0.2, 0.25) is 0 Å². The van der Waals surface area contributed by atoms with E-state index in [1.54, 1.807) is 12.1 Å². The number of amides is 1. The van der Waals surface area contributed by atoms with Crippen LogP contribution >= 0.6 is 59.4 Å². The number of hydrogen-bond donors (Lipinski definition) is 1. The molecule has 0 heterocycles. The molecule has 2 aromatic carbocycles.